The third-order valence-corrected chi connectivity index (χ3v) is 8.58. The molecule has 184 valence electrons. The highest BCUT2D eigenvalue weighted by Gasteiger charge is 2.23. The van der Waals surface area contributed by atoms with Crippen molar-refractivity contribution >= 4 is 37.7 Å². The van der Waals surface area contributed by atoms with Gasteiger partial charge in [-0.25, -0.2) is 13.4 Å². The Morgan fingerprint density at radius 3 is 2.51 bits per heavy atom. The van der Waals surface area contributed by atoms with Crippen LogP contribution in [0.1, 0.15) is 44.6 Å². The van der Waals surface area contributed by atoms with Crippen LogP contribution in [0.15, 0.2) is 65.6 Å². The molecule has 1 amide bonds. The van der Waals surface area contributed by atoms with Crippen molar-refractivity contribution in [2.45, 2.75) is 44.6 Å². The quantitative estimate of drug-likeness (QED) is 0.371. The first-order chi connectivity index (χ1) is 16.8. The lowest BCUT2D eigenvalue weighted by molar-refractivity contribution is -0.121. The van der Waals surface area contributed by atoms with Gasteiger partial charge >= 0.3 is 0 Å². The van der Waals surface area contributed by atoms with E-state index in [1.165, 1.54) is 4.31 Å². The normalized spacial score (nSPS) is 12.9. The summed E-state index contributed by atoms with van der Waals surface area (Å²) in [7, 11) is -1.67. The van der Waals surface area contributed by atoms with Crippen LogP contribution in [0.2, 0.25) is 0 Å². The van der Waals surface area contributed by atoms with Gasteiger partial charge in [-0.2, -0.15) is 4.31 Å². The molecule has 0 aliphatic carbocycles. The Bertz CT molecular complexity index is 1470. The van der Waals surface area contributed by atoms with Crippen LogP contribution in [-0.2, 0) is 28.3 Å². The van der Waals surface area contributed by atoms with Gasteiger partial charge in [0, 0.05) is 33.0 Å². The molecule has 1 N–H and O–H groups in total. The van der Waals surface area contributed by atoms with Crippen LogP contribution in [-0.4, -0.2) is 41.3 Å². The highest BCUT2D eigenvalue weighted by atomic mass is 32.2. The molecule has 1 atom stereocenters. The van der Waals surface area contributed by atoms with E-state index in [1.807, 2.05) is 56.7 Å². The minimum atomic E-state index is -3.56. The van der Waals surface area contributed by atoms with Gasteiger partial charge in [0.15, 0.2) is 0 Å². The van der Waals surface area contributed by atoms with E-state index in [0.717, 1.165) is 27.7 Å². The monoisotopic (exact) mass is 492 g/mol. The third-order valence-electron chi connectivity index (χ3n) is 6.53. The van der Waals surface area contributed by atoms with Crippen LogP contribution in [0.4, 0.5) is 0 Å². The maximum absolute atomic E-state index is 12.9. The van der Waals surface area contributed by atoms with Gasteiger partial charge in [-0.15, -0.1) is 0 Å². The molecular formula is C27H32N4O3S. The molecule has 0 fully saturated rings. The molecule has 0 radical (unpaired) electrons. The Morgan fingerprint density at radius 2 is 1.77 bits per heavy atom. The van der Waals surface area contributed by atoms with Crippen molar-refractivity contribution in [3.63, 3.8) is 0 Å². The zero-order chi connectivity index (χ0) is 25.2. The Morgan fingerprint density at radius 1 is 1.06 bits per heavy atom. The first-order valence-electron chi connectivity index (χ1n) is 12.0. The summed E-state index contributed by atoms with van der Waals surface area (Å²) >= 11 is 0. The molecular weight excluding hydrogens is 460 g/mol. The summed E-state index contributed by atoms with van der Waals surface area (Å²) in [6.45, 7) is 6.47. The lowest BCUT2D eigenvalue weighted by atomic mass is 9.99. The van der Waals surface area contributed by atoms with Crippen molar-refractivity contribution in [3.05, 3.63) is 72.1 Å². The number of fused-ring (bicyclic) bond motifs is 2. The maximum Gasteiger partial charge on any atom is 0.243 e. The second kappa shape index (κ2) is 10.2. The van der Waals surface area contributed by atoms with Crippen LogP contribution in [0.3, 0.4) is 0 Å². The van der Waals surface area contributed by atoms with Crippen molar-refractivity contribution in [3.8, 4) is 0 Å². The number of aromatic nitrogens is 2. The van der Waals surface area contributed by atoms with Gasteiger partial charge < -0.3 is 9.88 Å². The predicted molar refractivity (Wildman–Crippen MR) is 140 cm³/mol. The van der Waals surface area contributed by atoms with E-state index in [0.29, 0.717) is 25.0 Å². The van der Waals surface area contributed by atoms with Crippen molar-refractivity contribution < 1.29 is 13.2 Å². The van der Waals surface area contributed by atoms with E-state index in [4.69, 9.17) is 0 Å². The number of nitrogens with one attached hydrogen (secondary N) is 1. The molecule has 0 saturated carbocycles. The molecule has 3 aromatic carbocycles. The largest absolute Gasteiger partial charge is 0.350 e. The molecule has 8 heteroatoms. The van der Waals surface area contributed by atoms with E-state index in [-0.39, 0.29) is 23.3 Å². The molecule has 0 spiro atoms. The Kier molecular flexibility index (Phi) is 7.23. The number of amides is 1. The molecule has 1 aromatic heterocycles. The van der Waals surface area contributed by atoms with Crippen molar-refractivity contribution in [2.24, 2.45) is 7.05 Å². The van der Waals surface area contributed by atoms with Crippen LogP contribution in [0.5, 0.6) is 0 Å². The molecule has 1 unspecified atom stereocenters. The summed E-state index contributed by atoms with van der Waals surface area (Å²) in [5.41, 5.74) is 2.53. The zero-order valence-electron chi connectivity index (χ0n) is 20.7. The molecule has 0 aliphatic heterocycles. The Balaban J connectivity index is 1.48. The standard InChI is InChI=1S/C27H32N4O3S/c1-5-31(6-2)35(33,34)21-14-15-25-24(18-21)29-26(30(25)4)16-17-27(32)28-19(3)22-13-9-11-20-10-7-8-12-23(20)22/h7-15,18-19H,5-6,16-17H2,1-4H3,(H,28,32). The molecule has 1 heterocycles. The summed E-state index contributed by atoms with van der Waals surface area (Å²) in [5, 5.41) is 5.38. The minimum absolute atomic E-state index is 0.0534. The lowest BCUT2D eigenvalue weighted by Gasteiger charge is -2.18. The van der Waals surface area contributed by atoms with Gasteiger partial charge in [0.2, 0.25) is 15.9 Å². The van der Waals surface area contributed by atoms with Crippen molar-refractivity contribution in [1.82, 2.24) is 19.2 Å². The maximum atomic E-state index is 12.9. The van der Waals surface area contributed by atoms with Gasteiger partial charge in [-0.05, 0) is 41.5 Å². The number of benzene rings is 3. The van der Waals surface area contributed by atoms with Crippen LogP contribution < -0.4 is 5.32 Å². The second-order valence-corrected chi connectivity index (χ2v) is 10.6. The second-order valence-electron chi connectivity index (χ2n) is 8.68. The Labute approximate surface area is 206 Å². The lowest BCUT2D eigenvalue weighted by Crippen LogP contribution is -2.30. The Hall–Kier alpha value is -3.23. The number of carbonyl (C=O) groups is 1. The molecule has 7 nitrogen and oxygen atoms in total. The fourth-order valence-corrected chi connectivity index (χ4v) is 6.05. The summed E-state index contributed by atoms with van der Waals surface area (Å²) < 4.78 is 29.1. The van der Waals surface area contributed by atoms with Crippen molar-refractivity contribution in [2.75, 3.05) is 13.1 Å². The van der Waals surface area contributed by atoms with E-state index in [2.05, 4.69) is 28.5 Å². The molecule has 0 saturated heterocycles. The first-order valence-corrected chi connectivity index (χ1v) is 13.4. The highest BCUT2D eigenvalue weighted by molar-refractivity contribution is 7.89. The average molecular weight is 493 g/mol. The molecule has 35 heavy (non-hydrogen) atoms. The number of aryl methyl sites for hydroxylation is 2. The van der Waals surface area contributed by atoms with Crippen LogP contribution >= 0.6 is 0 Å². The average Bonchev–Trinajstić information content (AvgIpc) is 3.17. The number of rotatable bonds is 9. The van der Waals surface area contributed by atoms with Crippen LogP contribution in [0, 0.1) is 0 Å². The molecule has 4 aromatic rings. The first kappa shape index (κ1) is 24.9. The fourth-order valence-electron chi connectivity index (χ4n) is 4.57. The number of carbonyl (C=O) groups excluding carboxylic acids is 1. The van der Waals surface area contributed by atoms with E-state index in [9.17, 15) is 13.2 Å². The number of nitrogens with zero attached hydrogens (tertiary/aromatic N) is 3. The number of hydrogen-bond donors (Lipinski definition) is 1. The van der Waals surface area contributed by atoms with Gasteiger partial charge in [0.1, 0.15) is 5.82 Å². The van der Waals surface area contributed by atoms with E-state index >= 15 is 0 Å². The number of sulfonamides is 1. The zero-order valence-corrected chi connectivity index (χ0v) is 21.5. The summed E-state index contributed by atoms with van der Waals surface area (Å²) in [5.74, 6) is 0.688. The molecule has 0 aliphatic rings. The smallest absolute Gasteiger partial charge is 0.243 e. The third kappa shape index (κ3) is 4.94. The minimum Gasteiger partial charge on any atom is -0.350 e. The van der Waals surface area contributed by atoms with Gasteiger partial charge in [-0.3, -0.25) is 4.79 Å². The molecule has 4 rings (SSSR count). The van der Waals surface area contributed by atoms with Crippen molar-refractivity contribution in [1.29, 1.82) is 0 Å². The summed E-state index contributed by atoms with van der Waals surface area (Å²) in [6, 6.07) is 19.2. The van der Waals surface area contributed by atoms with E-state index in [1.54, 1.807) is 18.2 Å². The number of imidazole rings is 1. The topological polar surface area (TPSA) is 84.3 Å². The highest BCUT2D eigenvalue weighted by Crippen LogP contribution is 2.25. The van der Waals surface area contributed by atoms with Gasteiger partial charge in [0.05, 0.1) is 22.0 Å². The van der Waals surface area contributed by atoms with Gasteiger partial charge in [0.25, 0.3) is 0 Å². The SMILES string of the molecule is CCN(CC)S(=O)(=O)c1ccc2c(c1)nc(CCC(=O)NC(C)c1cccc3ccccc13)n2C. The van der Waals surface area contributed by atoms with Gasteiger partial charge in [-0.1, -0.05) is 56.3 Å². The molecule has 0 bridgehead atoms. The van der Waals surface area contributed by atoms with Crippen LogP contribution in [0.25, 0.3) is 21.8 Å². The summed E-state index contributed by atoms with van der Waals surface area (Å²) in [4.78, 5) is 17.6. The number of hydrogen-bond acceptors (Lipinski definition) is 4. The summed E-state index contributed by atoms with van der Waals surface area (Å²) in [6.07, 6.45) is 0.744. The van der Waals surface area contributed by atoms with E-state index < -0.39 is 10.0 Å². The predicted octanol–water partition coefficient (Wildman–Crippen LogP) is 4.57. The fraction of sp³-hybridized carbons (Fsp3) is 0.333.